The van der Waals surface area contributed by atoms with Crippen molar-refractivity contribution in [3.05, 3.63) is 29.3 Å². The monoisotopic (exact) mass is 373 g/mol. The van der Waals surface area contributed by atoms with Crippen molar-refractivity contribution in [1.29, 1.82) is 0 Å². The smallest absolute Gasteiger partial charge is 0.241 e. The molecule has 4 rings (SSSR count). The van der Waals surface area contributed by atoms with E-state index in [1.807, 2.05) is 6.07 Å². The topological polar surface area (TPSA) is 53.1 Å². The number of hydrogen-bond donors (Lipinski definition) is 0. The number of piperidine rings is 1. The number of benzene rings is 1. The molecule has 0 radical (unpaired) electrons. The molecule has 0 saturated carbocycles. The average Bonchev–Trinajstić information content (AvgIpc) is 2.90. The molecule has 0 aliphatic carbocycles. The van der Waals surface area contributed by atoms with Crippen molar-refractivity contribution in [3.8, 4) is 5.75 Å². The summed E-state index contributed by atoms with van der Waals surface area (Å²) in [5.74, 6) is 1.02. The lowest BCUT2D eigenvalue weighted by molar-refractivity contribution is -0.145. The Bertz CT molecular complexity index is 704. The SMILES string of the molecule is Cc1ccc(OCCN2C[C@@H]3CC[C@H](C2)N(CC(=O)N(C)C)C3=O)cc1C. The molecule has 3 aliphatic heterocycles. The minimum absolute atomic E-state index is 0.000307. The number of nitrogens with zero attached hydrogens (tertiary/aromatic N) is 3. The number of ether oxygens (including phenoxy) is 1. The largest absolute Gasteiger partial charge is 0.492 e. The molecule has 148 valence electrons. The molecule has 6 nitrogen and oxygen atoms in total. The van der Waals surface area contributed by atoms with E-state index in [0.29, 0.717) is 6.61 Å². The highest BCUT2D eigenvalue weighted by molar-refractivity contribution is 5.86. The maximum atomic E-state index is 12.8. The van der Waals surface area contributed by atoms with Crippen LogP contribution in [-0.2, 0) is 9.59 Å². The van der Waals surface area contributed by atoms with Gasteiger partial charge in [0.2, 0.25) is 11.8 Å². The molecule has 3 heterocycles. The highest BCUT2D eigenvalue weighted by Gasteiger charge is 2.41. The van der Waals surface area contributed by atoms with Gasteiger partial charge in [0.15, 0.2) is 0 Å². The number of fused-ring (bicyclic) bond motifs is 4. The summed E-state index contributed by atoms with van der Waals surface area (Å²) in [7, 11) is 3.47. The highest BCUT2D eigenvalue weighted by Crippen LogP contribution is 2.29. The lowest BCUT2D eigenvalue weighted by Crippen LogP contribution is -2.51. The van der Waals surface area contributed by atoms with E-state index in [4.69, 9.17) is 4.74 Å². The number of carbonyl (C=O) groups excluding carboxylic acids is 2. The molecule has 3 saturated heterocycles. The molecule has 1 aromatic rings. The molecule has 2 bridgehead atoms. The first-order valence-electron chi connectivity index (χ1n) is 9.78. The summed E-state index contributed by atoms with van der Waals surface area (Å²) in [6.45, 7) is 7.35. The number of hydrogen-bond acceptors (Lipinski definition) is 4. The van der Waals surface area contributed by atoms with Crippen molar-refractivity contribution < 1.29 is 14.3 Å². The molecule has 1 aromatic carbocycles. The highest BCUT2D eigenvalue weighted by atomic mass is 16.5. The lowest BCUT2D eigenvalue weighted by atomic mass is 9.94. The Kier molecular flexibility index (Phi) is 6.05. The molecule has 0 spiro atoms. The fraction of sp³-hybridized carbons (Fsp3) is 0.619. The summed E-state index contributed by atoms with van der Waals surface area (Å²) in [5.41, 5.74) is 2.49. The van der Waals surface area contributed by atoms with Gasteiger partial charge in [-0.2, -0.15) is 0 Å². The van der Waals surface area contributed by atoms with Crippen LogP contribution in [0.25, 0.3) is 0 Å². The van der Waals surface area contributed by atoms with E-state index >= 15 is 0 Å². The van der Waals surface area contributed by atoms with Crippen LogP contribution in [0.2, 0.25) is 0 Å². The zero-order chi connectivity index (χ0) is 19.6. The molecule has 0 aromatic heterocycles. The van der Waals surface area contributed by atoms with Crippen molar-refractivity contribution >= 4 is 11.8 Å². The average molecular weight is 373 g/mol. The van der Waals surface area contributed by atoms with E-state index in [2.05, 4.69) is 30.9 Å². The Balaban J connectivity index is 1.57. The maximum absolute atomic E-state index is 12.8. The zero-order valence-corrected chi connectivity index (χ0v) is 16.9. The van der Waals surface area contributed by atoms with Gasteiger partial charge >= 0.3 is 0 Å². The third kappa shape index (κ3) is 4.61. The van der Waals surface area contributed by atoms with Crippen molar-refractivity contribution in [2.75, 3.05) is 46.9 Å². The summed E-state index contributed by atoms with van der Waals surface area (Å²) in [6, 6.07) is 6.28. The first-order valence-corrected chi connectivity index (χ1v) is 9.78. The van der Waals surface area contributed by atoms with Crippen molar-refractivity contribution in [2.45, 2.75) is 32.7 Å². The van der Waals surface area contributed by atoms with Crippen LogP contribution in [0.4, 0.5) is 0 Å². The van der Waals surface area contributed by atoms with Crippen molar-refractivity contribution in [2.24, 2.45) is 5.92 Å². The number of carbonyl (C=O) groups is 2. The number of amides is 2. The van der Waals surface area contributed by atoms with E-state index in [0.717, 1.165) is 38.2 Å². The molecule has 6 heteroatoms. The van der Waals surface area contributed by atoms with Gasteiger partial charge in [0.1, 0.15) is 18.9 Å². The Labute approximate surface area is 162 Å². The standard InChI is InChI=1S/C21H31N3O3/c1-15-5-8-19(11-16(15)2)27-10-9-23-12-17-6-7-18(13-23)24(21(17)26)14-20(25)22(3)4/h5,8,11,17-18H,6-7,9-10,12-14H2,1-4H3/t17-,18+/m0/s1. The van der Waals surface area contributed by atoms with Gasteiger partial charge in [-0.1, -0.05) is 6.07 Å². The Morgan fingerprint density at radius 1 is 1.19 bits per heavy atom. The van der Waals surface area contributed by atoms with Gasteiger partial charge < -0.3 is 14.5 Å². The van der Waals surface area contributed by atoms with Crippen LogP contribution in [0.3, 0.4) is 0 Å². The maximum Gasteiger partial charge on any atom is 0.241 e. The fourth-order valence-corrected chi connectivity index (χ4v) is 3.90. The van der Waals surface area contributed by atoms with Gasteiger partial charge in [-0.3, -0.25) is 14.5 Å². The Morgan fingerprint density at radius 3 is 2.67 bits per heavy atom. The van der Waals surface area contributed by atoms with E-state index in [1.165, 1.54) is 11.1 Å². The van der Waals surface area contributed by atoms with Gasteiger partial charge in [0, 0.05) is 39.8 Å². The van der Waals surface area contributed by atoms with Crippen molar-refractivity contribution in [1.82, 2.24) is 14.7 Å². The minimum Gasteiger partial charge on any atom is -0.492 e. The van der Waals surface area contributed by atoms with Crippen LogP contribution in [0.1, 0.15) is 24.0 Å². The molecule has 0 N–H and O–H groups in total. The third-order valence-electron chi connectivity index (χ3n) is 5.83. The predicted molar refractivity (Wildman–Crippen MR) is 105 cm³/mol. The van der Waals surface area contributed by atoms with Gasteiger partial charge in [-0.05, 0) is 49.9 Å². The number of rotatable bonds is 6. The lowest BCUT2D eigenvalue weighted by Gasteiger charge is -2.36. The van der Waals surface area contributed by atoms with Crippen LogP contribution in [0.15, 0.2) is 18.2 Å². The number of likely N-dealkylation sites (N-methyl/N-ethyl adjacent to an activating group) is 1. The minimum atomic E-state index is -0.0134. The summed E-state index contributed by atoms with van der Waals surface area (Å²) < 4.78 is 5.92. The quantitative estimate of drug-likeness (QED) is 0.762. The zero-order valence-electron chi connectivity index (χ0n) is 16.9. The van der Waals surface area contributed by atoms with Crippen LogP contribution in [0, 0.1) is 19.8 Å². The second-order valence-electron chi connectivity index (χ2n) is 8.04. The van der Waals surface area contributed by atoms with Gasteiger partial charge in [-0.15, -0.1) is 0 Å². The predicted octanol–water partition coefficient (Wildman–Crippen LogP) is 1.69. The Morgan fingerprint density at radius 2 is 1.96 bits per heavy atom. The van der Waals surface area contributed by atoms with Gasteiger partial charge in [0.05, 0.1) is 5.92 Å². The van der Waals surface area contributed by atoms with Gasteiger partial charge in [0.25, 0.3) is 0 Å². The first kappa shape index (κ1) is 19.7. The van der Waals surface area contributed by atoms with Gasteiger partial charge in [-0.25, -0.2) is 0 Å². The van der Waals surface area contributed by atoms with Crippen molar-refractivity contribution in [3.63, 3.8) is 0 Å². The number of aryl methyl sites for hydroxylation is 2. The molecular weight excluding hydrogens is 342 g/mol. The Hall–Kier alpha value is -2.08. The van der Waals surface area contributed by atoms with Crippen LogP contribution >= 0.6 is 0 Å². The van der Waals surface area contributed by atoms with Crippen LogP contribution in [-0.4, -0.2) is 79.4 Å². The normalized spacial score (nSPS) is 22.7. The molecule has 2 atom stereocenters. The molecule has 3 aliphatic rings. The molecule has 2 amide bonds. The summed E-state index contributed by atoms with van der Waals surface area (Å²) in [4.78, 5) is 30.6. The summed E-state index contributed by atoms with van der Waals surface area (Å²) >= 11 is 0. The molecule has 0 unspecified atom stereocenters. The first-order chi connectivity index (χ1) is 12.8. The van der Waals surface area contributed by atoms with Crippen LogP contribution < -0.4 is 4.74 Å². The third-order valence-corrected chi connectivity index (χ3v) is 5.83. The summed E-state index contributed by atoms with van der Waals surface area (Å²) in [6.07, 6.45) is 1.90. The van der Waals surface area contributed by atoms with E-state index in [-0.39, 0.29) is 30.3 Å². The van der Waals surface area contributed by atoms with E-state index < -0.39 is 0 Å². The second kappa shape index (κ2) is 8.30. The summed E-state index contributed by atoms with van der Waals surface area (Å²) in [5, 5.41) is 0. The molecular formula is C21H31N3O3. The molecule has 27 heavy (non-hydrogen) atoms. The fourth-order valence-electron chi connectivity index (χ4n) is 3.90. The molecule has 3 fully saturated rings. The van der Waals surface area contributed by atoms with Crippen LogP contribution in [0.5, 0.6) is 5.75 Å². The second-order valence-corrected chi connectivity index (χ2v) is 8.04. The van der Waals surface area contributed by atoms with E-state index in [9.17, 15) is 9.59 Å². The van der Waals surface area contributed by atoms with E-state index in [1.54, 1.807) is 23.9 Å².